The average Bonchev–Trinajstić information content (AvgIpc) is 2.04. The number of nitrogen functional groups attached to an aromatic ring is 1. The van der Waals surface area contributed by atoms with Gasteiger partial charge in [0.1, 0.15) is 0 Å². The summed E-state index contributed by atoms with van der Waals surface area (Å²) in [5, 5.41) is 1.06. The van der Waals surface area contributed by atoms with Crippen LogP contribution in [0.5, 0.6) is 0 Å². The molecule has 1 heterocycles. The number of nitrogens with two attached hydrogens (primary N) is 1. The Bertz CT molecular complexity index is 428. The van der Waals surface area contributed by atoms with E-state index in [-0.39, 0.29) is 12.4 Å². The first-order valence-electron chi connectivity index (χ1n) is 3.76. The molecule has 2 aromatic rings. The highest BCUT2D eigenvalue weighted by Crippen LogP contribution is 2.14. The topological polar surface area (TPSA) is 51.8 Å². The van der Waals surface area contributed by atoms with Gasteiger partial charge < -0.3 is 5.73 Å². The predicted octanol–water partition coefficient (Wildman–Crippen LogP) is 1.94. The maximum absolute atomic E-state index is 5.50. The fourth-order valence-corrected chi connectivity index (χ4v) is 1.26. The van der Waals surface area contributed by atoms with Crippen molar-refractivity contribution < 1.29 is 0 Å². The van der Waals surface area contributed by atoms with Crippen LogP contribution < -0.4 is 5.73 Å². The largest absolute Gasteiger partial charge is 0.368 e. The number of hydrogen-bond donors (Lipinski definition) is 1. The lowest BCUT2D eigenvalue weighted by Crippen LogP contribution is -1.97. The number of rotatable bonds is 0. The Balaban J connectivity index is 0.000000845. The molecule has 0 radical (unpaired) electrons. The van der Waals surface area contributed by atoms with E-state index in [0.29, 0.717) is 5.95 Å². The highest BCUT2D eigenvalue weighted by Gasteiger charge is 1.99. The molecule has 3 nitrogen and oxygen atoms in total. The van der Waals surface area contributed by atoms with Crippen molar-refractivity contribution in [2.75, 3.05) is 5.73 Å². The molecule has 2 rings (SSSR count). The zero-order chi connectivity index (χ0) is 8.55. The van der Waals surface area contributed by atoms with Crippen molar-refractivity contribution in [2.24, 2.45) is 0 Å². The first kappa shape index (κ1) is 9.74. The van der Waals surface area contributed by atoms with Crippen LogP contribution in [0.3, 0.4) is 0 Å². The Labute approximate surface area is 82.4 Å². The van der Waals surface area contributed by atoms with Crippen LogP contribution in [0.2, 0.25) is 0 Å². The van der Waals surface area contributed by atoms with Gasteiger partial charge in [0.2, 0.25) is 5.95 Å². The Kier molecular flexibility index (Phi) is 2.68. The van der Waals surface area contributed by atoms with Gasteiger partial charge in [0.15, 0.2) is 0 Å². The third-order valence-electron chi connectivity index (χ3n) is 1.81. The van der Waals surface area contributed by atoms with Gasteiger partial charge in [-0.15, -0.1) is 12.4 Å². The first-order valence-corrected chi connectivity index (χ1v) is 3.76. The van der Waals surface area contributed by atoms with E-state index in [1.54, 1.807) is 0 Å². The smallest absolute Gasteiger partial charge is 0.220 e. The molecule has 0 aliphatic heterocycles. The van der Waals surface area contributed by atoms with Crippen molar-refractivity contribution in [3.63, 3.8) is 0 Å². The molecule has 0 amide bonds. The summed E-state index contributed by atoms with van der Waals surface area (Å²) < 4.78 is 0. The van der Waals surface area contributed by atoms with Crippen LogP contribution in [0.4, 0.5) is 5.95 Å². The number of benzene rings is 1. The Hall–Kier alpha value is -1.35. The second-order valence-electron chi connectivity index (χ2n) is 2.68. The zero-order valence-electron chi connectivity index (χ0n) is 7.19. The van der Waals surface area contributed by atoms with Crippen molar-refractivity contribution in [1.82, 2.24) is 9.97 Å². The van der Waals surface area contributed by atoms with Crippen LogP contribution in [-0.2, 0) is 0 Å². The second kappa shape index (κ2) is 3.58. The van der Waals surface area contributed by atoms with E-state index >= 15 is 0 Å². The van der Waals surface area contributed by atoms with Gasteiger partial charge in [0, 0.05) is 5.39 Å². The third-order valence-corrected chi connectivity index (χ3v) is 1.81. The van der Waals surface area contributed by atoms with Gasteiger partial charge in [-0.25, -0.2) is 9.97 Å². The van der Waals surface area contributed by atoms with E-state index in [1.807, 2.05) is 31.2 Å². The molecular formula is C9H10ClN3. The standard InChI is InChI=1S/C9H9N3.ClH/c1-6-7-4-2-3-5-8(7)12-9(10)11-6;/h2-5H,1H3,(H2,10,11,12);1H. The van der Waals surface area contributed by atoms with Crippen LogP contribution in [0.15, 0.2) is 24.3 Å². The molecule has 0 aliphatic rings. The minimum Gasteiger partial charge on any atom is -0.368 e. The van der Waals surface area contributed by atoms with Crippen molar-refractivity contribution in [3.8, 4) is 0 Å². The molecular weight excluding hydrogens is 186 g/mol. The molecule has 0 saturated heterocycles. The molecule has 1 aromatic heterocycles. The van der Waals surface area contributed by atoms with Crippen molar-refractivity contribution in [2.45, 2.75) is 6.92 Å². The summed E-state index contributed by atoms with van der Waals surface area (Å²) in [5.41, 5.74) is 7.34. The number of anilines is 1. The van der Waals surface area contributed by atoms with E-state index in [2.05, 4.69) is 9.97 Å². The molecule has 0 aliphatic carbocycles. The minimum atomic E-state index is 0. The van der Waals surface area contributed by atoms with Crippen LogP contribution in [0, 0.1) is 6.92 Å². The van der Waals surface area contributed by atoms with Crippen molar-refractivity contribution >= 4 is 29.3 Å². The Morgan fingerprint density at radius 3 is 2.62 bits per heavy atom. The molecule has 0 spiro atoms. The van der Waals surface area contributed by atoms with Gasteiger partial charge in [-0.1, -0.05) is 18.2 Å². The number of para-hydroxylation sites is 1. The molecule has 0 unspecified atom stereocenters. The lowest BCUT2D eigenvalue weighted by Gasteiger charge is -2.00. The number of aryl methyl sites for hydroxylation is 1. The van der Waals surface area contributed by atoms with E-state index in [0.717, 1.165) is 16.6 Å². The quantitative estimate of drug-likeness (QED) is 0.699. The van der Waals surface area contributed by atoms with E-state index in [9.17, 15) is 0 Å². The highest BCUT2D eigenvalue weighted by molar-refractivity contribution is 5.85. The monoisotopic (exact) mass is 195 g/mol. The molecule has 1 aromatic carbocycles. The molecule has 0 atom stereocenters. The number of fused-ring (bicyclic) bond motifs is 1. The predicted molar refractivity (Wildman–Crippen MR) is 55.9 cm³/mol. The molecule has 68 valence electrons. The number of halogens is 1. The van der Waals surface area contributed by atoms with Gasteiger partial charge in [-0.3, -0.25) is 0 Å². The Morgan fingerprint density at radius 1 is 1.15 bits per heavy atom. The highest BCUT2D eigenvalue weighted by atomic mass is 35.5. The van der Waals surface area contributed by atoms with Crippen molar-refractivity contribution in [3.05, 3.63) is 30.0 Å². The number of hydrogen-bond acceptors (Lipinski definition) is 3. The Morgan fingerprint density at radius 2 is 1.85 bits per heavy atom. The van der Waals surface area contributed by atoms with Gasteiger partial charge >= 0.3 is 0 Å². The zero-order valence-corrected chi connectivity index (χ0v) is 8.01. The van der Waals surface area contributed by atoms with Crippen LogP contribution in [0.25, 0.3) is 10.9 Å². The summed E-state index contributed by atoms with van der Waals surface area (Å²) in [6.45, 7) is 1.93. The second-order valence-corrected chi connectivity index (χ2v) is 2.68. The van der Waals surface area contributed by atoms with Crippen LogP contribution >= 0.6 is 12.4 Å². The SMILES string of the molecule is Cc1nc(N)nc2ccccc12.Cl. The molecule has 0 bridgehead atoms. The summed E-state index contributed by atoms with van der Waals surface area (Å²) >= 11 is 0. The normalized spacial score (nSPS) is 9.62. The molecule has 0 saturated carbocycles. The van der Waals surface area contributed by atoms with Gasteiger partial charge in [-0.2, -0.15) is 0 Å². The van der Waals surface area contributed by atoms with E-state index in [1.165, 1.54) is 0 Å². The van der Waals surface area contributed by atoms with Gasteiger partial charge in [-0.05, 0) is 13.0 Å². The lowest BCUT2D eigenvalue weighted by molar-refractivity contribution is 1.17. The number of nitrogens with zero attached hydrogens (tertiary/aromatic N) is 2. The summed E-state index contributed by atoms with van der Waals surface area (Å²) in [4.78, 5) is 8.17. The molecule has 13 heavy (non-hydrogen) atoms. The average molecular weight is 196 g/mol. The van der Waals surface area contributed by atoms with Gasteiger partial charge in [0.05, 0.1) is 11.2 Å². The van der Waals surface area contributed by atoms with Crippen LogP contribution in [0.1, 0.15) is 5.69 Å². The van der Waals surface area contributed by atoms with Crippen molar-refractivity contribution in [1.29, 1.82) is 0 Å². The van der Waals surface area contributed by atoms with Gasteiger partial charge in [0.25, 0.3) is 0 Å². The summed E-state index contributed by atoms with van der Waals surface area (Å²) in [6, 6.07) is 7.83. The maximum atomic E-state index is 5.50. The number of aromatic nitrogens is 2. The molecule has 2 N–H and O–H groups in total. The lowest BCUT2D eigenvalue weighted by atomic mass is 10.2. The minimum absolute atomic E-state index is 0. The summed E-state index contributed by atoms with van der Waals surface area (Å²) in [7, 11) is 0. The van der Waals surface area contributed by atoms with E-state index < -0.39 is 0 Å². The summed E-state index contributed by atoms with van der Waals surface area (Å²) in [6.07, 6.45) is 0. The molecule has 4 heteroatoms. The first-order chi connectivity index (χ1) is 5.77. The third kappa shape index (κ3) is 1.70. The fourth-order valence-electron chi connectivity index (χ4n) is 1.26. The van der Waals surface area contributed by atoms with E-state index in [4.69, 9.17) is 5.73 Å². The molecule has 0 fully saturated rings. The van der Waals surface area contributed by atoms with Crippen LogP contribution in [-0.4, -0.2) is 9.97 Å². The fraction of sp³-hybridized carbons (Fsp3) is 0.111. The maximum Gasteiger partial charge on any atom is 0.220 e. The summed E-state index contributed by atoms with van der Waals surface area (Å²) in [5.74, 6) is 0.339.